The Hall–Kier alpha value is -1.30. The molecule has 1 aromatic carbocycles. The fraction of sp³-hybridized carbons (Fsp3) is 0.588. The molecule has 130 valence electrons. The number of benzene rings is 1. The van der Waals surface area contributed by atoms with Crippen LogP contribution in [0.4, 0.5) is 0 Å². The van der Waals surface area contributed by atoms with Gasteiger partial charge >= 0.3 is 7.40 Å². The minimum atomic E-state index is -0.315. The number of ether oxygens (including phenoxy) is 2. The van der Waals surface area contributed by atoms with E-state index in [-0.39, 0.29) is 32.5 Å². The number of likely N-dealkylation sites (N-methyl/N-ethyl adjacent to an activating group) is 1. The highest BCUT2D eigenvalue weighted by molar-refractivity contribution is 5.71. The molecular weight excluding hydrogens is 316 g/mol. The lowest BCUT2D eigenvalue weighted by molar-refractivity contribution is -0.151. The van der Waals surface area contributed by atoms with E-state index in [0.29, 0.717) is 0 Å². The molecule has 5 nitrogen and oxygen atoms in total. The average molecular weight is 343 g/mol. The Balaban J connectivity index is 0.00000264. The number of aryl methyl sites for hydroxylation is 1. The number of carbonyl (C=O) groups is 1. The fourth-order valence-corrected chi connectivity index (χ4v) is 2.54. The quantitative estimate of drug-likeness (QED) is 0.599. The summed E-state index contributed by atoms with van der Waals surface area (Å²) in [5, 5.41) is 0. The van der Waals surface area contributed by atoms with Gasteiger partial charge in [0.15, 0.2) is 6.61 Å². The van der Waals surface area contributed by atoms with Crippen LogP contribution in [0.5, 0.6) is 5.75 Å². The molecular formula is C17H27ClN2O3. The second-order valence-corrected chi connectivity index (χ2v) is 5.96. The Morgan fingerprint density at radius 1 is 1.26 bits per heavy atom. The van der Waals surface area contributed by atoms with Crippen molar-refractivity contribution < 1.29 is 28.1 Å². The van der Waals surface area contributed by atoms with Crippen LogP contribution in [0.1, 0.15) is 13.9 Å². The van der Waals surface area contributed by atoms with E-state index in [1.807, 2.05) is 38.1 Å². The van der Waals surface area contributed by atoms with Crippen molar-refractivity contribution in [2.45, 2.75) is 20.0 Å². The van der Waals surface area contributed by atoms with E-state index >= 15 is 0 Å². The number of nitrogens with zero attached hydrogens (tertiary/aromatic N) is 2. The minimum Gasteiger partial charge on any atom is -1.00 e. The summed E-state index contributed by atoms with van der Waals surface area (Å²) in [5.41, 5.74) is 1.01. The van der Waals surface area contributed by atoms with Crippen LogP contribution in [0.2, 0.25) is 0 Å². The van der Waals surface area contributed by atoms with Crippen LogP contribution in [0.3, 0.4) is 0 Å². The number of halogens is 1. The molecule has 0 N–H and O–H groups in total. The van der Waals surface area contributed by atoms with Gasteiger partial charge < -0.3 is 26.8 Å². The van der Waals surface area contributed by atoms with Crippen molar-refractivity contribution in [3.63, 3.8) is 0 Å². The predicted molar refractivity (Wildman–Crippen MR) is 87.3 cm³/mol. The van der Waals surface area contributed by atoms with Crippen molar-refractivity contribution in [1.29, 1.82) is 0 Å². The Kier molecular flexibility index (Phi) is 8.37. The summed E-state index contributed by atoms with van der Waals surface area (Å²) in [6.45, 7) is 8.81. The van der Waals surface area contributed by atoms with Crippen molar-refractivity contribution in [3.8, 4) is 5.75 Å². The van der Waals surface area contributed by atoms with Gasteiger partial charge in [-0.3, -0.25) is 4.90 Å². The second-order valence-electron chi connectivity index (χ2n) is 5.96. The van der Waals surface area contributed by atoms with Gasteiger partial charge in [-0.25, -0.2) is 4.79 Å². The SMILES string of the molecule is Cc1ccccc1OCC(=O)OC(C)CN1CCN(C)CC1.[Cl-].[H+]. The van der Waals surface area contributed by atoms with E-state index in [4.69, 9.17) is 9.47 Å². The summed E-state index contributed by atoms with van der Waals surface area (Å²) in [6, 6.07) is 7.65. The number of hydrogen-bond acceptors (Lipinski definition) is 5. The number of carbonyl (C=O) groups excluding carboxylic acids is 1. The van der Waals surface area contributed by atoms with Crippen molar-refractivity contribution in [2.24, 2.45) is 0 Å². The van der Waals surface area contributed by atoms with Crippen LogP contribution in [0.25, 0.3) is 0 Å². The van der Waals surface area contributed by atoms with Gasteiger partial charge in [0.1, 0.15) is 11.9 Å². The molecule has 23 heavy (non-hydrogen) atoms. The zero-order chi connectivity index (χ0) is 15.9. The molecule has 0 amide bonds. The fourth-order valence-electron chi connectivity index (χ4n) is 2.54. The first-order valence-corrected chi connectivity index (χ1v) is 7.83. The molecule has 1 aromatic rings. The first kappa shape index (κ1) is 19.7. The second kappa shape index (κ2) is 9.75. The van der Waals surface area contributed by atoms with Crippen LogP contribution >= 0.6 is 0 Å². The first-order valence-electron chi connectivity index (χ1n) is 7.83. The average Bonchev–Trinajstić information content (AvgIpc) is 2.49. The number of piperazine rings is 1. The van der Waals surface area contributed by atoms with E-state index in [0.717, 1.165) is 44.0 Å². The minimum absolute atomic E-state index is 0. The maximum atomic E-state index is 11.9. The highest BCUT2D eigenvalue weighted by Gasteiger charge is 2.18. The van der Waals surface area contributed by atoms with Gasteiger partial charge in [-0.15, -0.1) is 0 Å². The molecule has 0 aromatic heterocycles. The summed E-state index contributed by atoms with van der Waals surface area (Å²) in [6.07, 6.45) is -0.114. The number of esters is 1. The molecule has 1 aliphatic heterocycles. The van der Waals surface area contributed by atoms with Crippen molar-refractivity contribution >= 4 is 5.97 Å². The zero-order valence-corrected chi connectivity index (χ0v) is 14.9. The smallest absolute Gasteiger partial charge is 1.00 e. The third kappa shape index (κ3) is 6.77. The summed E-state index contributed by atoms with van der Waals surface area (Å²) in [7, 11) is 2.13. The van der Waals surface area contributed by atoms with Gasteiger partial charge in [-0.2, -0.15) is 0 Å². The maximum absolute atomic E-state index is 11.9. The van der Waals surface area contributed by atoms with Gasteiger partial charge in [0, 0.05) is 32.7 Å². The van der Waals surface area contributed by atoms with E-state index in [1.54, 1.807) is 0 Å². The van der Waals surface area contributed by atoms with E-state index in [9.17, 15) is 4.79 Å². The summed E-state index contributed by atoms with van der Waals surface area (Å²) >= 11 is 0. The summed E-state index contributed by atoms with van der Waals surface area (Å²) < 4.78 is 10.9. The van der Waals surface area contributed by atoms with Crippen molar-refractivity contribution in [1.82, 2.24) is 9.80 Å². The molecule has 1 aliphatic rings. The van der Waals surface area contributed by atoms with Crippen LogP contribution in [0.15, 0.2) is 24.3 Å². The Bertz CT molecular complexity index is 496. The molecule has 0 radical (unpaired) electrons. The van der Waals surface area contributed by atoms with Crippen LogP contribution in [-0.4, -0.2) is 68.3 Å². The summed E-state index contributed by atoms with van der Waals surface area (Å²) in [5.74, 6) is 0.413. The Morgan fingerprint density at radius 3 is 2.57 bits per heavy atom. The van der Waals surface area contributed by atoms with Crippen molar-refractivity contribution in [2.75, 3.05) is 46.4 Å². The van der Waals surface area contributed by atoms with E-state index in [1.165, 1.54) is 0 Å². The van der Waals surface area contributed by atoms with Gasteiger partial charge in [0.25, 0.3) is 0 Å². The van der Waals surface area contributed by atoms with Crippen LogP contribution in [0, 0.1) is 6.92 Å². The van der Waals surface area contributed by atoms with Crippen LogP contribution in [-0.2, 0) is 9.53 Å². The maximum Gasteiger partial charge on any atom is 1.00 e. The largest absolute Gasteiger partial charge is 1.00 e. The van der Waals surface area contributed by atoms with Gasteiger partial charge in [-0.1, -0.05) is 18.2 Å². The topological polar surface area (TPSA) is 42.0 Å². The van der Waals surface area contributed by atoms with Crippen LogP contribution < -0.4 is 17.1 Å². The third-order valence-corrected chi connectivity index (χ3v) is 3.88. The highest BCUT2D eigenvalue weighted by atomic mass is 35.5. The van der Waals surface area contributed by atoms with Gasteiger partial charge in [0.2, 0.25) is 0 Å². The normalized spacial score (nSPS) is 17.2. The molecule has 6 heteroatoms. The van der Waals surface area contributed by atoms with E-state index in [2.05, 4.69) is 16.8 Å². The lowest BCUT2D eigenvalue weighted by atomic mass is 10.2. The summed E-state index contributed by atoms with van der Waals surface area (Å²) in [4.78, 5) is 16.5. The number of hydrogen-bond donors (Lipinski definition) is 0. The van der Waals surface area contributed by atoms with E-state index < -0.39 is 0 Å². The third-order valence-electron chi connectivity index (χ3n) is 3.88. The molecule has 1 unspecified atom stereocenters. The lowest BCUT2D eigenvalue weighted by Crippen LogP contribution is -3.00. The Morgan fingerprint density at radius 2 is 1.91 bits per heavy atom. The molecule has 0 saturated carbocycles. The monoisotopic (exact) mass is 342 g/mol. The lowest BCUT2D eigenvalue weighted by Gasteiger charge is -2.33. The molecule has 1 heterocycles. The number of para-hydroxylation sites is 1. The highest BCUT2D eigenvalue weighted by Crippen LogP contribution is 2.16. The molecule has 0 bridgehead atoms. The van der Waals surface area contributed by atoms with Gasteiger partial charge in [0.05, 0.1) is 0 Å². The Labute approximate surface area is 146 Å². The molecule has 1 fully saturated rings. The standard InChI is InChI=1S/C17H26N2O3.ClH/c1-14-6-4-5-7-16(14)21-13-17(20)22-15(2)12-19-10-8-18(3)9-11-19;/h4-7,15H,8-13H2,1-3H3;1H. The number of rotatable bonds is 6. The van der Waals surface area contributed by atoms with Gasteiger partial charge in [-0.05, 0) is 32.5 Å². The molecule has 1 saturated heterocycles. The molecule has 2 rings (SSSR count). The molecule has 0 spiro atoms. The molecule has 0 aliphatic carbocycles. The zero-order valence-electron chi connectivity index (χ0n) is 15.1. The van der Waals surface area contributed by atoms with Crippen molar-refractivity contribution in [3.05, 3.63) is 29.8 Å². The predicted octanol–water partition coefficient (Wildman–Crippen LogP) is -1.33. The first-order chi connectivity index (χ1) is 10.5. The molecule has 1 atom stereocenters.